The van der Waals surface area contributed by atoms with Crippen LogP contribution in [0.25, 0.3) is 5.57 Å². The quantitative estimate of drug-likeness (QED) is 0.423. The Labute approximate surface area is 197 Å². The van der Waals surface area contributed by atoms with Gasteiger partial charge in [0.1, 0.15) is 5.70 Å². The number of carbonyl (C=O) groups excluding carboxylic acids is 2. The van der Waals surface area contributed by atoms with E-state index in [-0.39, 0.29) is 24.1 Å². The maximum absolute atomic E-state index is 13.4. The van der Waals surface area contributed by atoms with Gasteiger partial charge in [-0.3, -0.25) is 14.5 Å². The second-order valence-electron chi connectivity index (χ2n) is 7.98. The number of anilines is 1. The largest absolute Gasteiger partial charge is 0.350 e. The number of benzene rings is 3. The van der Waals surface area contributed by atoms with Crippen LogP contribution in [0.4, 0.5) is 5.69 Å². The molecule has 1 aliphatic heterocycles. The van der Waals surface area contributed by atoms with Crippen LogP contribution >= 0.6 is 23.2 Å². The van der Waals surface area contributed by atoms with Gasteiger partial charge in [0.15, 0.2) is 0 Å². The van der Waals surface area contributed by atoms with E-state index in [1.807, 2.05) is 24.3 Å². The van der Waals surface area contributed by atoms with Gasteiger partial charge >= 0.3 is 0 Å². The smallest absolute Gasteiger partial charge is 0.278 e. The Kier molecular flexibility index (Phi) is 6.35. The van der Waals surface area contributed by atoms with Crippen molar-refractivity contribution in [3.05, 3.63) is 105 Å². The average Bonchev–Trinajstić information content (AvgIpc) is 3.00. The first-order chi connectivity index (χ1) is 15.3. The van der Waals surface area contributed by atoms with Gasteiger partial charge in [0.2, 0.25) is 0 Å². The Morgan fingerprint density at radius 2 is 1.34 bits per heavy atom. The predicted molar refractivity (Wildman–Crippen MR) is 130 cm³/mol. The van der Waals surface area contributed by atoms with Gasteiger partial charge in [-0.15, -0.1) is 0 Å². The fourth-order valence-corrected chi connectivity index (χ4v) is 3.84. The molecular formula is C26H22Cl2N2O2. The Bertz CT molecular complexity index is 1180. The standard InChI is InChI=1S/C26H22Cl2N2O2/c1-16(2)18-7-13-22(14-8-18)29-24-23(19-5-11-21(28)12-6-19)25(31)30(26(24)32)15-17-3-9-20(27)10-4-17/h3-14,16,29H,15H2,1-2H3. The summed E-state index contributed by atoms with van der Waals surface area (Å²) in [6.45, 7) is 4.40. The van der Waals surface area contributed by atoms with Crippen LogP contribution in [-0.4, -0.2) is 16.7 Å². The zero-order chi connectivity index (χ0) is 22.8. The third-order valence-electron chi connectivity index (χ3n) is 5.40. The van der Waals surface area contributed by atoms with E-state index < -0.39 is 0 Å². The monoisotopic (exact) mass is 464 g/mol. The van der Waals surface area contributed by atoms with Crippen molar-refractivity contribution in [2.75, 3.05) is 5.32 Å². The molecule has 32 heavy (non-hydrogen) atoms. The number of rotatable bonds is 6. The SMILES string of the molecule is CC(C)c1ccc(NC2=C(c3ccc(Cl)cc3)C(=O)N(Cc3ccc(Cl)cc3)C2=O)cc1. The Morgan fingerprint density at radius 1 is 0.781 bits per heavy atom. The van der Waals surface area contributed by atoms with Gasteiger partial charge in [0, 0.05) is 15.7 Å². The van der Waals surface area contributed by atoms with E-state index in [0.29, 0.717) is 27.1 Å². The first-order valence-electron chi connectivity index (χ1n) is 10.3. The van der Waals surface area contributed by atoms with Crippen molar-refractivity contribution in [2.24, 2.45) is 0 Å². The van der Waals surface area contributed by atoms with Crippen molar-refractivity contribution >= 4 is 46.3 Å². The van der Waals surface area contributed by atoms with E-state index in [2.05, 4.69) is 19.2 Å². The Morgan fingerprint density at radius 3 is 1.91 bits per heavy atom. The summed E-state index contributed by atoms with van der Waals surface area (Å²) < 4.78 is 0. The van der Waals surface area contributed by atoms with E-state index in [1.165, 1.54) is 10.5 Å². The molecule has 162 valence electrons. The molecule has 4 nitrogen and oxygen atoms in total. The molecule has 0 saturated carbocycles. The molecule has 0 atom stereocenters. The first-order valence-corrected chi connectivity index (χ1v) is 11.1. The molecule has 0 saturated heterocycles. The van der Waals surface area contributed by atoms with Gasteiger partial charge in [-0.2, -0.15) is 0 Å². The lowest BCUT2D eigenvalue weighted by Crippen LogP contribution is -2.32. The number of imide groups is 1. The number of amides is 2. The molecule has 4 rings (SSSR count). The zero-order valence-electron chi connectivity index (χ0n) is 17.7. The molecular weight excluding hydrogens is 443 g/mol. The lowest BCUT2D eigenvalue weighted by atomic mass is 10.0. The number of nitrogens with zero attached hydrogens (tertiary/aromatic N) is 1. The van der Waals surface area contributed by atoms with Crippen molar-refractivity contribution < 1.29 is 9.59 Å². The van der Waals surface area contributed by atoms with Crippen molar-refractivity contribution in [3.8, 4) is 0 Å². The van der Waals surface area contributed by atoms with Crippen LogP contribution in [0.1, 0.15) is 36.5 Å². The second kappa shape index (κ2) is 9.19. The number of hydrogen-bond donors (Lipinski definition) is 1. The molecule has 0 aliphatic carbocycles. The summed E-state index contributed by atoms with van der Waals surface area (Å²) in [6.07, 6.45) is 0. The molecule has 0 unspecified atom stereocenters. The predicted octanol–water partition coefficient (Wildman–Crippen LogP) is 6.51. The minimum Gasteiger partial charge on any atom is -0.350 e. The average molecular weight is 465 g/mol. The lowest BCUT2D eigenvalue weighted by molar-refractivity contribution is -0.137. The van der Waals surface area contributed by atoms with Crippen LogP contribution in [0.15, 0.2) is 78.5 Å². The van der Waals surface area contributed by atoms with Crippen molar-refractivity contribution in [1.29, 1.82) is 0 Å². The summed E-state index contributed by atoms with van der Waals surface area (Å²) in [5.74, 6) is -0.325. The molecule has 6 heteroatoms. The molecule has 0 radical (unpaired) electrons. The Balaban J connectivity index is 1.70. The number of carbonyl (C=O) groups is 2. The van der Waals surface area contributed by atoms with E-state index in [4.69, 9.17) is 23.2 Å². The van der Waals surface area contributed by atoms with Crippen molar-refractivity contribution in [1.82, 2.24) is 4.90 Å². The molecule has 3 aromatic rings. The summed E-state index contributed by atoms with van der Waals surface area (Å²) in [5.41, 5.74) is 3.96. The third kappa shape index (κ3) is 4.57. The van der Waals surface area contributed by atoms with E-state index in [9.17, 15) is 9.59 Å². The van der Waals surface area contributed by atoms with Gasteiger partial charge in [-0.1, -0.05) is 73.4 Å². The first kappa shape index (κ1) is 22.1. The minimum atomic E-state index is -0.372. The maximum Gasteiger partial charge on any atom is 0.278 e. The molecule has 0 fully saturated rings. The van der Waals surface area contributed by atoms with Crippen LogP contribution in [0, 0.1) is 0 Å². The van der Waals surface area contributed by atoms with E-state index >= 15 is 0 Å². The van der Waals surface area contributed by atoms with Crippen molar-refractivity contribution in [3.63, 3.8) is 0 Å². The second-order valence-corrected chi connectivity index (χ2v) is 8.85. The van der Waals surface area contributed by atoms with Crippen LogP contribution in [0.5, 0.6) is 0 Å². The molecule has 0 spiro atoms. The molecule has 2 amide bonds. The normalized spacial score (nSPS) is 14.0. The Hall–Kier alpha value is -3.08. The number of halogens is 2. The van der Waals surface area contributed by atoms with Crippen molar-refractivity contribution in [2.45, 2.75) is 26.3 Å². The molecule has 0 bridgehead atoms. The zero-order valence-corrected chi connectivity index (χ0v) is 19.2. The third-order valence-corrected chi connectivity index (χ3v) is 5.91. The van der Waals surface area contributed by atoms with Crippen LogP contribution in [-0.2, 0) is 16.1 Å². The lowest BCUT2D eigenvalue weighted by Gasteiger charge is -2.15. The van der Waals surface area contributed by atoms with Gasteiger partial charge in [-0.05, 0) is 59.0 Å². The van der Waals surface area contributed by atoms with Gasteiger partial charge in [-0.25, -0.2) is 0 Å². The highest BCUT2D eigenvalue weighted by Crippen LogP contribution is 2.32. The molecule has 0 aromatic heterocycles. The summed E-state index contributed by atoms with van der Waals surface area (Å²) in [7, 11) is 0. The number of nitrogens with one attached hydrogen (secondary N) is 1. The highest BCUT2D eigenvalue weighted by Gasteiger charge is 2.39. The summed E-state index contributed by atoms with van der Waals surface area (Å²) in [6, 6.07) is 21.9. The van der Waals surface area contributed by atoms with Gasteiger partial charge in [0.25, 0.3) is 11.8 Å². The number of hydrogen-bond acceptors (Lipinski definition) is 3. The summed E-state index contributed by atoms with van der Waals surface area (Å²) in [5, 5.41) is 4.34. The summed E-state index contributed by atoms with van der Waals surface area (Å²) in [4.78, 5) is 28.0. The van der Waals surface area contributed by atoms with Gasteiger partial charge < -0.3 is 5.32 Å². The highest BCUT2D eigenvalue weighted by atomic mass is 35.5. The van der Waals surface area contributed by atoms with E-state index in [0.717, 1.165) is 11.3 Å². The minimum absolute atomic E-state index is 0.156. The summed E-state index contributed by atoms with van der Waals surface area (Å²) >= 11 is 12.0. The maximum atomic E-state index is 13.4. The fourth-order valence-electron chi connectivity index (χ4n) is 3.59. The van der Waals surface area contributed by atoms with Crippen LogP contribution in [0.2, 0.25) is 10.0 Å². The highest BCUT2D eigenvalue weighted by molar-refractivity contribution is 6.37. The molecule has 1 aliphatic rings. The van der Waals surface area contributed by atoms with Crippen LogP contribution in [0.3, 0.4) is 0 Å². The van der Waals surface area contributed by atoms with E-state index in [1.54, 1.807) is 48.5 Å². The van der Waals surface area contributed by atoms with Gasteiger partial charge in [0.05, 0.1) is 12.1 Å². The molecule has 3 aromatic carbocycles. The topological polar surface area (TPSA) is 49.4 Å². The molecule has 1 heterocycles. The van der Waals surface area contributed by atoms with Crippen LogP contribution < -0.4 is 5.32 Å². The fraction of sp³-hybridized carbons (Fsp3) is 0.154. The molecule has 1 N–H and O–H groups in total.